The molecule has 0 unspecified atom stereocenters. The Hall–Kier alpha value is -1.62. The van der Waals surface area contributed by atoms with Crippen molar-refractivity contribution in [1.29, 1.82) is 0 Å². The van der Waals surface area contributed by atoms with Crippen LogP contribution in [0.25, 0.3) is 0 Å². The van der Waals surface area contributed by atoms with Crippen LogP contribution in [0.2, 0.25) is 0 Å². The fourth-order valence-electron chi connectivity index (χ4n) is 3.09. The summed E-state index contributed by atoms with van der Waals surface area (Å²) < 4.78 is 0. The number of amides is 1. The van der Waals surface area contributed by atoms with E-state index in [-0.39, 0.29) is 11.4 Å². The van der Waals surface area contributed by atoms with E-state index in [9.17, 15) is 4.79 Å². The van der Waals surface area contributed by atoms with Crippen molar-refractivity contribution in [3.05, 3.63) is 23.9 Å². The molecule has 0 saturated carbocycles. The summed E-state index contributed by atoms with van der Waals surface area (Å²) in [5.41, 5.74) is 0.577. The van der Waals surface area contributed by atoms with Crippen LogP contribution in [0, 0.1) is 11.8 Å². The topological polar surface area (TPSA) is 57.3 Å². The van der Waals surface area contributed by atoms with E-state index in [1.54, 1.807) is 6.20 Å². The summed E-state index contributed by atoms with van der Waals surface area (Å²) in [5, 5.41) is 6.35. The Morgan fingerprint density at radius 3 is 2.71 bits per heavy atom. The van der Waals surface area contributed by atoms with Crippen molar-refractivity contribution in [2.75, 3.05) is 31.5 Å². The van der Waals surface area contributed by atoms with Crippen LogP contribution < -0.4 is 10.6 Å². The van der Waals surface area contributed by atoms with Gasteiger partial charge in [0, 0.05) is 31.4 Å². The van der Waals surface area contributed by atoms with Crippen LogP contribution in [-0.2, 0) is 0 Å². The van der Waals surface area contributed by atoms with E-state index >= 15 is 0 Å². The molecule has 0 spiro atoms. The Balaban J connectivity index is 1.79. The Kier molecular flexibility index (Phi) is 6.21. The lowest BCUT2D eigenvalue weighted by molar-refractivity contribution is 0.0947. The van der Waals surface area contributed by atoms with E-state index in [2.05, 4.69) is 55.1 Å². The maximum Gasteiger partial charge on any atom is 0.252 e. The molecule has 1 aliphatic rings. The van der Waals surface area contributed by atoms with Gasteiger partial charge >= 0.3 is 0 Å². The number of likely N-dealkylation sites (tertiary alicyclic amines) is 1. The summed E-state index contributed by atoms with van der Waals surface area (Å²) in [7, 11) is 0. The fraction of sp³-hybridized carbons (Fsp3) is 0.684. The number of hydrogen-bond donors (Lipinski definition) is 2. The molecule has 134 valence electrons. The molecule has 1 aromatic rings. The molecule has 5 heteroatoms. The molecular formula is C19H32N4O. The molecule has 0 aliphatic carbocycles. The Bertz CT molecular complexity index is 533. The van der Waals surface area contributed by atoms with E-state index in [0.717, 1.165) is 32.0 Å². The van der Waals surface area contributed by atoms with Crippen LogP contribution in [-0.4, -0.2) is 47.5 Å². The van der Waals surface area contributed by atoms with Gasteiger partial charge in [-0.15, -0.1) is 0 Å². The quantitative estimate of drug-likeness (QED) is 0.841. The summed E-state index contributed by atoms with van der Waals surface area (Å²) >= 11 is 0. The molecular weight excluding hydrogens is 300 g/mol. The number of pyridine rings is 1. The van der Waals surface area contributed by atoms with Gasteiger partial charge in [-0.05, 0) is 57.7 Å². The monoisotopic (exact) mass is 332 g/mol. The number of carbonyl (C=O) groups excluding carboxylic acids is 1. The van der Waals surface area contributed by atoms with Crippen molar-refractivity contribution >= 4 is 11.7 Å². The number of nitrogens with zero attached hydrogens (tertiary/aromatic N) is 2. The minimum absolute atomic E-state index is 0.0351. The summed E-state index contributed by atoms with van der Waals surface area (Å²) in [5.74, 6) is 2.01. The Morgan fingerprint density at radius 1 is 1.38 bits per heavy atom. The first-order chi connectivity index (χ1) is 11.2. The van der Waals surface area contributed by atoms with Gasteiger partial charge in [-0.25, -0.2) is 4.98 Å². The van der Waals surface area contributed by atoms with Crippen molar-refractivity contribution in [2.45, 2.75) is 46.6 Å². The zero-order valence-electron chi connectivity index (χ0n) is 15.7. The molecule has 1 aromatic heterocycles. The Labute approximate surface area is 146 Å². The normalized spacial score (nSPS) is 18.8. The van der Waals surface area contributed by atoms with E-state index in [1.807, 2.05) is 12.1 Å². The molecule has 1 fully saturated rings. The largest absolute Gasteiger partial charge is 0.365 e. The molecule has 2 heterocycles. The third-order valence-corrected chi connectivity index (χ3v) is 4.07. The number of carbonyl (C=O) groups is 1. The molecule has 1 saturated heterocycles. The molecule has 5 nitrogen and oxygen atoms in total. The summed E-state index contributed by atoms with van der Waals surface area (Å²) in [6.45, 7) is 14.9. The van der Waals surface area contributed by atoms with Crippen LogP contribution >= 0.6 is 0 Å². The van der Waals surface area contributed by atoms with E-state index in [4.69, 9.17) is 0 Å². The van der Waals surface area contributed by atoms with Gasteiger partial charge in [0.05, 0.1) is 5.56 Å². The average Bonchev–Trinajstić information content (AvgIpc) is 2.90. The van der Waals surface area contributed by atoms with E-state index in [1.165, 1.54) is 6.42 Å². The zero-order valence-corrected chi connectivity index (χ0v) is 15.7. The molecule has 24 heavy (non-hydrogen) atoms. The van der Waals surface area contributed by atoms with Crippen molar-refractivity contribution in [3.63, 3.8) is 0 Å². The predicted molar refractivity (Wildman–Crippen MR) is 99.3 cm³/mol. The Morgan fingerprint density at radius 2 is 2.12 bits per heavy atom. The number of aromatic nitrogens is 1. The fourth-order valence-corrected chi connectivity index (χ4v) is 3.09. The average molecular weight is 332 g/mol. The minimum Gasteiger partial charge on any atom is -0.365 e. The molecule has 0 radical (unpaired) electrons. The highest BCUT2D eigenvalue weighted by Gasteiger charge is 2.23. The molecule has 0 bridgehead atoms. The van der Waals surface area contributed by atoms with Crippen molar-refractivity contribution in [1.82, 2.24) is 15.2 Å². The maximum atomic E-state index is 12.3. The second-order valence-electron chi connectivity index (χ2n) is 8.33. The lowest BCUT2D eigenvalue weighted by atomic mass is 10.1. The third kappa shape index (κ3) is 6.11. The van der Waals surface area contributed by atoms with Crippen LogP contribution in [0.4, 0.5) is 5.82 Å². The molecule has 1 atom stereocenters. The smallest absolute Gasteiger partial charge is 0.252 e. The van der Waals surface area contributed by atoms with Crippen LogP contribution in [0.5, 0.6) is 0 Å². The van der Waals surface area contributed by atoms with Crippen LogP contribution in [0.1, 0.15) is 51.4 Å². The van der Waals surface area contributed by atoms with Gasteiger partial charge in [-0.2, -0.15) is 0 Å². The highest BCUT2D eigenvalue weighted by molar-refractivity contribution is 5.94. The first-order valence-electron chi connectivity index (χ1n) is 8.98. The molecule has 1 amide bonds. The van der Waals surface area contributed by atoms with E-state index < -0.39 is 0 Å². The number of anilines is 1. The third-order valence-electron chi connectivity index (χ3n) is 4.07. The van der Waals surface area contributed by atoms with Crippen LogP contribution in [0.3, 0.4) is 0 Å². The van der Waals surface area contributed by atoms with Gasteiger partial charge < -0.3 is 15.5 Å². The molecule has 2 rings (SSSR count). The van der Waals surface area contributed by atoms with Crippen molar-refractivity contribution in [3.8, 4) is 0 Å². The zero-order chi connectivity index (χ0) is 17.7. The van der Waals surface area contributed by atoms with Gasteiger partial charge in [0.1, 0.15) is 5.82 Å². The lowest BCUT2D eigenvalue weighted by Crippen LogP contribution is -2.32. The SMILES string of the molecule is CC(C)CN1CC[C@H](CNC(=O)c2ccc(NC(C)(C)C)nc2)C1. The van der Waals surface area contributed by atoms with Gasteiger partial charge in [-0.1, -0.05) is 13.8 Å². The van der Waals surface area contributed by atoms with Gasteiger partial charge in [-0.3, -0.25) is 4.79 Å². The van der Waals surface area contributed by atoms with Crippen LogP contribution in [0.15, 0.2) is 18.3 Å². The van der Waals surface area contributed by atoms with E-state index in [0.29, 0.717) is 17.4 Å². The number of nitrogens with one attached hydrogen (secondary N) is 2. The first kappa shape index (κ1) is 18.7. The van der Waals surface area contributed by atoms with Gasteiger partial charge in [0.2, 0.25) is 0 Å². The summed E-state index contributed by atoms with van der Waals surface area (Å²) in [6.07, 6.45) is 2.81. The van der Waals surface area contributed by atoms with Crippen molar-refractivity contribution < 1.29 is 4.79 Å². The molecule has 0 aromatic carbocycles. The molecule has 1 aliphatic heterocycles. The van der Waals surface area contributed by atoms with Gasteiger partial charge in [0.25, 0.3) is 5.91 Å². The maximum absolute atomic E-state index is 12.3. The number of hydrogen-bond acceptors (Lipinski definition) is 4. The first-order valence-corrected chi connectivity index (χ1v) is 8.98. The lowest BCUT2D eigenvalue weighted by Gasteiger charge is -2.21. The predicted octanol–water partition coefficient (Wildman–Crippen LogP) is 3.00. The molecule has 2 N–H and O–H groups in total. The number of rotatable bonds is 6. The second kappa shape index (κ2) is 7.97. The second-order valence-corrected chi connectivity index (χ2v) is 8.33. The summed E-state index contributed by atoms with van der Waals surface area (Å²) in [4.78, 5) is 19.1. The highest BCUT2D eigenvalue weighted by atomic mass is 16.1. The summed E-state index contributed by atoms with van der Waals surface area (Å²) in [6, 6.07) is 3.69. The highest BCUT2D eigenvalue weighted by Crippen LogP contribution is 2.17. The standard InChI is InChI=1S/C19H32N4O/c1-14(2)12-23-9-8-15(13-23)10-21-18(24)16-6-7-17(20-11-16)22-19(3,4)5/h6-7,11,14-15H,8-10,12-13H2,1-5H3,(H,20,22)(H,21,24)/t15-/m1/s1. The van der Waals surface area contributed by atoms with Crippen molar-refractivity contribution in [2.24, 2.45) is 11.8 Å². The minimum atomic E-state index is -0.0406. The van der Waals surface area contributed by atoms with Gasteiger partial charge in [0.15, 0.2) is 0 Å².